The molecule has 7 nitrogen and oxygen atoms in total. The van der Waals surface area contributed by atoms with Gasteiger partial charge in [0.25, 0.3) is 10.0 Å². The largest absolute Gasteiger partial charge is 0.439 e. The summed E-state index contributed by atoms with van der Waals surface area (Å²) in [6.07, 6.45) is -3.39. The Bertz CT molecular complexity index is 1160. The standard InChI is InChI=1S/C19H14F3N3O4S/c20-19(21,22)13-4-7-16(8-5-13)30(27,28)25-14-6-9-17(24-11-14)29-15-3-1-2-12(10-15)18(23)26/h1-11,25H,(H2,23,26). The highest BCUT2D eigenvalue weighted by atomic mass is 32.2. The van der Waals surface area contributed by atoms with E-state index in [4.69, 9.17) is 10.5 Å². The molecule has 3 aromatic rings. The number of carbonyl (C=O) groups is 1. The number of aromatic nitrogens is 1. The zero-order chi connectivity index (χ0) is 21.9. The van der Waals surface area contributed by atoms with Gasteiger partial charge in [0.15, 0.2) is 0 Å². The third-order valence-corrected chi connectivity index (χ3v) is 5.22. The van der Waals surface area contributed by atoms with Crippen molar-refractivity contribution in [3.63, 3.8) is 0 Å². The van der Waals surface area contributed by atoms with E-state index in [0.29, 0.717) is 17.9 Å². The number of halogens is 3. The van der Waals surface area contributed by atoms with Gasteiger partial charge in [0.1, 0.15) is 5.75 Å². The number of benzene rings is 2. The number of alkyl halides is 3. The SMILES string of the molecule is NC(=O)c1cccc(Oc2ccc(NS(=O)(=O)c3ccc(C(F)(F)F)cc3)cn2)c1. The van der Waals surface area contributed by atoms with E-state index in [1.807, 2.05) is 0 Å². The van der Waals surface area contributed by atoms with Crippen LogP contribution in [-0.4, -0.2) is 19.3 Å². The first-order chi connectivity index (χ1) is 14.0. The van der Waals surface area contributed by atoms with Crippen LogP contribution in [0, 0.1) is 0 Å². The van der Waals surface area contributed by atoms with E-state index in [9.17, 15) is 26.4 Å². The lowest BCUT2D eigenvalue weighted by atomic mass is 10.2. The molecule has 0 saturated heterocycles. The number of hydrogen-bond acceptors (Lipinski definition) is 5. The molecule has 0 saturated carbocycles. The molecule has 0 fully saturated rings. The van der Waals surface area contributed by atoms with Crippen LogP contribution < -0.4 is 15.2 Å². The lowest BCUT2D eigenvalue weighted by Gasteiger charge is -2.11. The lowest BCUT2D eigenvalue weighted by Crippen LogP contribution is -2.14. The molecule has 156 valence electrons. The number of nitrogens with zero attached hydrogens (tertiary/aromatic N) is 1. The highest BCUT2D eigenvalue weighted by Crippen LogP contribution is 2.30. The van der Waals surface area contributed by atoms with Crippen LogP contribution in [0.1, 0.15) is 15.9 Å². The number of amides is 1. The van der Waals surface area contributed by atoms with Gasteiger partial charge >= 0.3 is 6.18 Å². The number of primary amides is 1. The van der Waals surface area contributed by atoms with Crippen molar-refractivity contribution in [1.29, 1.82) is 0 Å². The number of nitrogens with two attached hydrogens (primary N) is 1. The van der Waals surface area contributed by atoms with Crippen LogP contribution >= 0.6 is 0 Å². The molecule has 2 aromatic carbocycles. The van der Waals surface area contributed by atoms with Crippen molar-refractivity contribution in [2.75, 3.05) is 4.72 Å². The predicted molar refractivity (Wildman–Crippen MR) is 102 cm³/mol. The smallest absolute Gasteiger partial charge is 0.416 e. The van der Waals surface area contributed by atoms with Crippen molar-refractivity contribution in [3.8, 4) is 11.6 Å². The van der Waals surface area contributed by atoms with Crippen LogP contribution in [0.3, 0.4) is 0 Å². The molecular formula is C19H14F3N3O4S. The fourth-order valence-corrected chi connectivity index (χ4v) is 3.42. The van der Waals surface area contributed by atoms with Gasteiger partial charge in [-0.2, -0.15) is 13.2 Å². The Hall–Kier alpha value is -3.60. The summed E-state index contributed by atoms with van der Waals surface area (Å²) in [5.41, 5.74) is 4.57. The minimum Gasteiger partial charge on any atom is -0.439 e. The summed E-state index contributed by atoms with van der Waals surface area (Å²) in [6.45, 7) is 0. The van der Waals surface area contributed by atoms with Gasteiger partial charge in [-0.3, -0.25) is 9.52 Å². The Morgan fingerprint density at radius 1 is 1.03 bits per heavy atom. The van der Waals surface area contributed by atoms with E-state index in [0.717, 1.165) is 12.1 Å². The van der Waals surface area contributed by atoms with Crippen LogP contribution in [0.4, 0.5) is 18.9 Å². The summed E-state index contributed by atoms with van der Waals surface area (Å²) in [6, 6.07) is 11.9. The molecule has 0 spiro atoms. The molecule has 3 N–H and O–H groups in total. The van der Waals surface area contributed by atoms with Crippen molar-refractivity contribution >= 4 is 21.6 Å². The summed E-state index contributed by atoms with van der Waals surface area (Å²) in [5, 5.41) is 0. The first kappa shape index (κ1) is 21.1. The second kappa shape index (κ2) is 8.03. The molecule has 0 radical (unpaired) electrons. The average Bonchev–Trinajstić information content (AvgIpc) is 2.69. The Morgan fingerprint density at radius 3 is 2.30 bits per heavy atom. The fraction of sp³-hybridized carbons (Fsp3) is 0.0526. The van der Waals surface area contributed by atoms with Crippen molar-refractivity contribution in [1.82, 2.24) is 4.98 Å². The third kappa shape index (κ3) is 5.06. The van der Waals surface area contributed by atoms with Gasteiger partial charge in [0, 0.05) is 11.6 Å². The predicted octanol–water partition coefficient (Wildman–Crippen LogP) is 3.79. The number of rotatable bonds is 6. The van der Waals surface area contributed by atoms with E-state index in [-0.39, 0.29) is 22.0 Å². The highest BCUT2D eigenvalue weighted by molar-refractivity contribution is 7.92. The van der Waals surface area contributed by atoms with Gasteiger partial charge in [-0.25, -0.2) is 13.4 Å². The van der Waals surface area contributed by atoms with Crippen molar-refractivity contribution in [2.45, 2.75) is 11.1 Å². The molecule has 1 aromatic heterocycles. The molecule has 0 aliphatic carbocycles. The highest BCUT2D eigenvalue weighted by Gasteiger charge is 2.30. The maximum atomic E-state index is 12.6. The van der Waals surface area contributed by atoms with Crippen LogP contribution in [-0.2, 0) is 16.2 Å². The zero-order valence-electron chi connectivity index (χ0n) is 15.1. The van der Waals surface area contributed by atoms with Gasteiger partial charge in [-0.1, -0.05) is 6.07 Å². The summed E-state index contributed by atoms with van der Waals surface area (Å²) >= 11 is 0. The lowest BCUT2D eigenvalue weighted by molar-refractivity contribution is -0.137. The molecule has 1 heterocycles. The van der Waals surface area contributed by atoms with Gasteiger partial charge in [0.2, 0.25) is 11.8 Å². The molecule has 0 unspecified atom stereocenters. The number of carbonyl (C=O) groups excluding carboxylic acids is 1. The number of hydrogen-bond donors (Lipinski definition) is 2. The van der Waals surface area contributed by atoms with Crippen LogP contribution in [0.25, 0.3) is 0 Å². The Morgan fingerprint density at radius 2 is 1.73 bits per heavy atom. The first-order valence-corrected chi connectivity index (χ1v) is 9.77. The maximum absolute atomic E-state index is 12.6. The van der Waals surface area contributed by atoms with Crippen molar-refractivity contribution < 1.29 is 31.1 Å². The normalized spacial score (nSPS) is 11.7. The second-order valence-corrected chi connectivity index (χ2v) is 7.69. The van der Waals surface area contributed by atoms with Crippen molar-refractivity contribution in [2.24, 2.45) is 5.73 Å². The Kier molecular flexibility index (Phi) is 5.65. The molecule has 3 rings (SSSR count). The van der Waals surface area contributed by atoms with E-state index in [1.54, 1.807) is 12.1 Å². The molecule has 1 amide bonds. The average molecular weight is 437 g/mol. The van der Waals surface area contributed by atoms with E-state index in [1.165, 1.54) is 30.5 Å². The Balaban J connectivity index is 1.72. The molecule has 0 aliphatic rings. The quantitative estimate of drug-likeness (QED) is 0.610. The maximum Gasteiger partial charge on any atom is 0.416 e. The summed E-state index contributed by atoms with van der Waals surface area (Å²) in [4.78, 5) is 14.8. The number of sulfonamides is 1. The van der Waals surface area contributed by atoms with Gasteiger partial charge < -0.3 is 10.5 Å². The third-order valence-electron chi connectivity index (χ3n) is 3.82. The van der Waals surface area contributed by atoms with Crippen LogP contribution in [0.5, 0.6) is 11.6 Å². The minimum atomic E-state index is -4.56. The molecule has 0 atom stereocenters. The van der Waals surface area contributed by atoms with E-state index in [2.05, 4.69) is 9.71 Å². The zero-order valence-corrected chi connectivity index (χ0v) is 15.9. The Labute approximate surface area is 169 Å². The number of pyridine rings is 1. The molecule has 11 heteroatoms. The van der Waals surface area contributed by atoms with Crippen LogP contribution in [0.2, 0.25) is 0 Å². The minimum absolute atomic E-state index is 0.0770. The first-order valence-electron chi connectivity index (χ1n) is 8.28. The van der Waals surface area contributed by atoms with E-state index >= 15 is 0 Å². The van der Waals surface area contributed by atoms with Gasteiger partial charge in [0.05, 0.1) is 22.3 Å². The van der Waals surface area contributed by atoms with Gasteiger partial charge in [-0.05, 0) is 48.5 Å². The van der Waals surface area contributed by atoms with Crippen molar-refractivity contribution in [3.05, 3.63) is 78.0 Å². The topological polar surface area (TPSA) is 111 Å². The molecule has 30 heavy (non-hydrogen) atoms. The van der Waals surface area contributed by atoms with Gasteiger partial charge in [-0.15, -0.1) is 0 Å². The molecule has 0 bridgehead atoms. The fourth-order valence-electron chi connectivity index (χ4n) is 2.37. The number of ether oxygens (including phenoxy) is 1. The second-order valence-electron chi connectivity index (χ2n) is 6.01. The van der Waals surface area contributed by atoms with Crippen LogP contribution in [0.15, 0.2) is 71.8 Å². The number of anilines is 1. The summed E-state index contributed by atoms with van der Waals surface area (Å²) in [5.74, 6) is -0.201. The summed E-state index contributed by atoms with van der Waals surface area (Å²) in [7, 11) is -4.11. The number of nitrogens with one attached hydrogen (secondary N) is 1. The van der Waals surface area contributed by atoms with E-state index < -0.39 is 27.7 Å². The molecular weight excluding hydrogens is 423 g/mol. The molecule has 0 aliphatic heterocycles. The monoisotopic (exact) mass is 437 g/mol. The summed E-state index contributed by atoms with van der Waals surface area (Å²) < 4.78 is 70.2.